The smallest absolute Gasteiger partial charge is 0.338 e. The maximum atomic E-state index is 13.5. The SMILES string of the molecule is CCC[C@H](NC(=O)N1C(=O)C(CC)(CC)[C@@H]1Oc1ccc(C(=O)O[C@H](C)CN(C)C)cc1)c1ccc(C)cc1. The van der Waals surface area contributed by atoms with Crippen molar-refractivity contribution in [2.75, 3.05) is 20.6 Å². The summed E-state index contributed by atoms with van der Waals surface area (Å²) in [7, 11) is 3.84. The molecule has 8 heteroatoms. The molecule has 2 aromatic carbocycles. The highest BCUT2D eigenvalue weighted by molar-refractivity contribution is 6.03. The van der Waals surface area contributed by atoms with Crippen LogP contribution >= 0.6 is 0 Å². The van der Waals surface area contributed by atoms with Crippen LogP contribution in [0.1, 0.15) is 80.9 Å². The van der Waals surface area contributed by atoms with Crippen LogP contribution in [0.15, 0.2) is 48.5 Å². The molecule has 3 atom stereocenters. The number of ether oxygens (including phenoxy) is 2. The zero-order chi connectivity index (χ0) is 28.7. The molecular weight excluding hydrogens is 494 g/mol. The molecule has 1 N–H and O–H groups in total. The van der Waals surface area contributed by atoms with Crippen molar-refractivity contribution >= 4 is 17.9 Å². The number of urea groups is 1. The van der Waals surface area contributed by atoms with Crippen molar-refractivity contribution in [1.29, 1.82) is 0 Å². The molecule has 3 rings (SSSR count). The molecule has 0 unspecified atom stereocenters. The quantitative estimate of drug-likeness (QED) is 0.276. The number of carbonyl (C=O) groups is 3. The first-order valence-electron chi connectivity index (χ1n) is 13.9. The third-order valence-electron chi connectivity index (χ3n) is 7.46. The van der Waals surface area contributed by atoms with Gasteiger partial charge in [0.1, 0.15) is 17.3 Å². The van der Waals surface area contributed by atoms with Crippen molar-refractivity contribution < 1.29 is 23.9 Å². The van der Waals surface area contributed by atoms with E-state index in [1.165, 1.54) is 4.90 Å². The molecule has 212 valence electrons. The molecule has 0 radical (unpaired) electrons. The Balaban J connectivity index is 1.76. The Morgan fingerprint density at radius 2 is 1.64 bits per heavy atom. The Morgan fingerprint density at radius 1 is 1.03 bits per heavy atom. The molecule has 1 aliphatic rings. The zero-order valence-electron chi connectivity index (χ0n) is 24.3. The number of likely N-dealkylation sites (tertiary alicyclic amines) is 1. The van der Waals surface area contributed by atoms with Crippen LogP contribution in [0, 0.1) is 12.3 Å². The van der Waals surface area contributed by atoms with Gasteiger partial charge >= 0.3 is 12.0 Å². The minimum absolute atomic E-state index is 0.213. The number of amides is 3. The number of nitrogens with one attached hydrogen (secondary N) is 1. The maximum Gasteiger partial charge on any atom is 0.338 e. The molecule has 1 aliphatic heterocycles. The number of imide groups is 1. The van der Waals surface area contributed by atoms with Crippen LogP contribution in [-0.2, 0) is 9.53 Å². The van der Waals surface area contributed by atoms with Crippen molar-refractivity contribution in [2.24, 2.45) is 5.41 Å². The molecule has 2 aromatic rings. The Kier molecular flexibility index (Phi) is 10.1. The molecule has 1 heterocycles. The molecule has 0 aliphatic carbocycles. The first-order valence-corrected chi connectivity index (χ1v) is 13.9. The Morgan fingerprint density at radius 3 is 2.18 bits per heavy atom. The topological polar surface area (TPSA) is 88.2 Å². The first kappa shape index (κ1) is 30.2. The van der Waals surface area contributed by atoms with E-state index >= 15 is 0 Å². The number of carbonyl (C=O) groups excluding carboxylic acids is 3. The summed E-state index contributed by atoms with van der Waals surface area (Å²) < 4.78 is 11.8. The standard InChI is InChI=1S/C31H43N3O5/c1-8-11-26(23-14-12-21(4)13-15-23)32-30(37)34-28(36)31(9-2,10-3)29(34)39-25-18-16-24(17-19-25)27(35)38-22(5)20-33(6)7/h12-19,22,26,29H,8-11,20H2,1-7H3,(H,32,37)/t22-,26+,29+/m1/s1. The molecule has 3 amide bonds. The van der Waals surface area contributed by atoms with Crippen molar-refractivity contribution in [3.63, 3.8) is 0 Å². The number of hydrogen-bond donors (Lipinski definition) is 1. The number of likely N-dealkylation sites (N-methyl/N-ethyl adjacent to an activating group) is 1. The Labute approximate surface area is 232 Å². The lowest BCUT2D eigenvalue weighted by Crippen LogP contribution is -2.73. The Hall–Kier alpha value is -3.39. The van der Waals surface area contributed by atoms with Gasteiger partial charge in [-0.1, -0.05) is 57.0 Å². The normalized spacial score (nSPS) is 17.8. The summed E-state index contributed by atoms with van der Waals surface area (Å²) in [4.78, 5) is 42.5. The van der Waals surface area contributed by atoms with Gasteiger partial charge in [0.25, 0.3) is 0 Å². The minimum atomic E-state index is -0.791. The average Bonchev–Trinajstić information content (AvgIpc) is 2.89. The van der Waals surface area contributed by atoms with Crippen LogP contribution in [0.5, 0.6) is 5.75 Å². The molecule has 0 spiro atoms. The lowest BCUT2D eigenvalue weighted by atomic mass is 9.72. The van der Waals surface area contributed by atoms with Crippen LogP contribution in [0.25, 0.3) is 0 Å². The third kappa shape index (κ3) is 6.79. The largest absolute Gasteiger partial charge is 0.469 e. The number of benzene rings is 2. The second-order valence-electron chi connectivity index (χ2n) is 10.7. The second kappa shape index (κ2) is 13.1. The molecule has 0 bridgehead atoms. The van der Waals surface area contributed by atoms with Crippen LogP contribution in [0.4, 0.5) is 4.79 Å². The van der Waals surface area contributed by atoms with Gasteiger partial charge in [-0.3, -0.25) is 4.79 Å². The van der Waals surface area contributed by atoms with Crippen LogP contribution in [0.3, 0.4) is 0 Å². The van der Waals surface area contributed by atoms with Gasteiger partial charge in [-0.2, -0.15) is 0 Å². The van der Waals surface area contributed by atoms with Crippen LogP contribution < -0.4 is 10.1 Å². The zero-order valence-corrected chi connectivity index (χ0v) is 24.3. The fourth-order valence-corrected chi connectivity index (χ4v) is 5.13. The van der Waals surface area contributed by atoms with E-state index in [9.17, 15) is 14.4 Å². The van der Waals surface area contributed by atoms with E-state index in [0.717, 1.165) is 24.0 Å². The summed E-state index contributed by atoms with van der Waals surface area (Å²) in [5, 5.41) is 3.06. The van der Waals surface area contributed by atoms with Gasteiger partial charge in [-0.15, -0.1) is 0 Å². The molecular formula is C31H43N3O5. The number of rotatable bonds is 12. The number of hydrogen-bond acceptors (Lipinski definition) is 6. The van der Waals surface area contributed by atoms with Gasteiger partial charge < -0.3 is 19.7 Å². The van der Waals surface area contributed by atoms with Gasteiger partial charge in [0, 0.05) is 6.54 Å². The average molecular weight is 538 g/mol. The summed E-state index contributed by atoms with van der Waals surface area (Å²) in [5.41, 5.74) is 1.76. The van der Waals surface area contributed by atoms with Gasteiger partial charge in [0.05, 0.1) is 11.6 Å². The van der Waals surface area contributed by atoms with E-state index < -0.39 is 23.6 Å². The summed E-state index contributed by atoms with van der Waals surface area (Å²) in [5.74, 6) is -0.174. The number of esters is 1. The molecule has 0 saturated carbocycles. The van der Waals surface area contributed by atoms with E-state index in [1.807, 2.05) is 71.0 Å². The van der Waals surface area contributed by atoms with E-state index in [1.54, 1.807) is 24.3 Å². The summed E-state index contributed by atoms with van der Waals surface area (Å²) >= 11 is 0. The van der Waals surface area contributed by atoms with E-state index in [4.69, 9.17) is 9.47 Å². The first-order chi connectivity index (χ1) is 18.6. The minimum Gasteiger partial charge on any atom is -0.469 e. The van der Waals surface area contributed by atoms with Crippen LogP contribution in [0.2, 0.25) is 0 Å². The fraction of sp³-hybridized carbons (Fsp3) is 0.516. The maximum absolute atomic E-state index is 13.5. The lowest BCUT2D eigenvalue weighted by Gasteiger charge is -2.53. The van der Waals surface area contributed by atoms with Crippen molar-refractivity contribution in [3.05, 3.63) is 65.2 Å². The molecule has 0 aromatic heterocycles. The number of β-lactam (4-membered cyclic amide) rings is 1. The molecule has 1 saturated heterocycles. The van der Waals surface area contributed by atoms with Gasteiger partial charge in [-0.25, -0.2) is 14.5 Å². The predicted octanol–water partition coefficient (Wildman–Crippen LogP) is 5.71. The highest BCUT2D eigenvalue weighted by Gasteiger charge is 2.63. The van der Waals surface area contributed by atoms with Crippen LogP contribution in [-0.4, -0.2) is 60.7 Å². The number of nitrogens with zero attached hydrogens (tertiary/aromatic N) is 2. The molecule has 1 fully saturated rings. The number of aryl methyl sites for hydroxylation is 1. The van der Waals surface area contributed by atoms with Crippen molar-refractivity contribution in [1.82, 2.24) is 15.1 Å². The van der Waals surface area contributed by atoms with Crippen molar-refractivity contribution in [2.45, 2.75) is 78.7 Å². The predicted molar refractivity (Wildman–Crippen MR) is 152 cm³/mol. The molecule has 39 heavy (non-hydrogen) atoms. The fourth-order valence-electron chi connectivity index (χ4n) is 5.13. The summed E-state index contributed by atoms with van der Waals surface area (Å²) in [6.45, 7) is 10.4. The summed E-state index contributed by atoms with van der Waals surface area (Å²) in [6, 6.07) is 14.0. The third-order valence-corrected chi connectivity index (χ3v) is 7.46. The van der Waals surface area contributed by atoms with Gasteiger partial charge in [0.15, 0.2) is 6.23 Å². The van der Waals surface area contributed by atoms with Crippen molar-refractivity contribution in [3.8, 4) is 5.75 Å². The highest BCUT2D eigenvalue weighted by atomic mass is 16.5. The van der Waals surface area contributed by atoms with E-state index in [-0.39, 0.29) is 18.1 Å². The van der Waals surface area contributed by atoms with E-state index in [2.05, 4.69) is 12.2 Å². The highest BCUT2D eigenvalue weighted by Crippen LogP contribution is 2.46. The van der Waals surface area contributed by atoms with Gasteiger partial charge in [-0.05, 0) is 77.0 Å². The molecule has 8 nitrogen and oxygen atoms in total. The lowest BCUT2D eigenvalue weighted by molar-refractivity contribution is -0.191. The Bertz CT molecular complexity index is 1130. The second-order valence-corrected chi connectivity index (χ2v) is 10.7. The monoisotopic (exact) mass is 537 g/mol. The summed E-state index contributed by atoms with van der Waals surface area (Å²) in [6.07, 6.45) is 1.71. The van der Waals surface area contributed by atoms with E-state index in [0.29, 0.717) is 30.7 Å². The van der Waals surface area contributed by atoms with Gasteiger partial charge in [0.2, 0.25) is 5.91 Å².